The molecule has 7 heteroatoms. The van der Waals surface area contributed by atoms with E-state index in [1.165, 1.54) is 25.7 Å². The predicted octanol–water partition coefficient (Wildman–Crippen LogP) is 3.40. The van der Waals surface area contributed by atoms with Crippen molar-refractivity contribution in [2.24, 2.45) is 16.3 Å². The van der Waals surface area contributed by atoms with Gasteiger partial charge in [0.15, 0.2) is 5.96 Å². The van der Waals surface area contributed by atoms with Gasteiger partial charge in [-0.25, -0.2) is 13.1 Å². The summed E-state index contributed by atoms with van der Waals surface area (Å²) in [6.45, 7) is 9.84. The lowest BCUT2D eigenvalue weighted by molar-refractivity contribution is 0.104. The molecular weight excluding hydrogens is 384 g/mol. The van der Waals surface area contributed by atoms with Crippen LogP contribution >= 0.6 is 0 Å². The topological polar surface area (TPSA) is 82.6 Å². The first-order valence-electron chi connectivity index (χ1n) is 10.7. The van der Waals surface area contributed by atoms with Crippen LogP contribution in [-0.2, 0) is 22.3 Å². The average molecular weight is 423 g/mol. The van der Waals surface area contributed by atoms with E-state index in [9.17, 15) is 8.42 Å². The van der Waals surface area contributed by atoms with E-state index in [4.69, 9.17) is 0 Å². The summed E-state index contributed by atoms with van der Waals surface area (Å²) in [6, 6.07) is 7.58. The Morgan fingerprint density at radius 1 is 1.07 bits per heavy atom. The summed E-state index contributed by atoms with van der Waals surface area (Å²) in [5.74, 6) is 1.53. The molecule has 0 saturated heterocycles. The highest BCUT2D eigenvalue weighted by Crippen LogP contribution is 2.45. The van der Waals surface area contributed by atoms with Gasteiger partial charge in [0.25, 0.3) is 0 Å². The highest BCUT2D eigenvalue weighted by Gasteiger charge is 2.37. The lowest BCUT2D eigenvalue weighted by Gasteiger charge is -2.43. The molecule has 0 unspecified atom stereocenters. The highest BCUT2D eigenvalue weighted by atomic mass is 32.2. The maximum absolute atomic E-state index is 12.1. The Morgan fingerprint density at radius 2 is 1.69 bits per heavy atom. The molecule has 3 N–H and O–H groups in total. The summed E-state index contributed by atoms with van der Waals surface area (Å²) in [5.41, 5.74) is 2.29. The van der Waals surface area contributed by atoms with Gasteiger partial charge in [0.05, 0.1) is 5.75 Å². The van der Waals surface area contributed by atoms with Gasteiger partial charge < -0.3 is 10.6 Å². The lowest BCUT2D eigenvalue weighted by Crippen LogP contribution is -2.46. The number of benzene rings is 1. The van der Waals surface area contributed by atoms with Crippen LogP contribution in [0.1, 0.15) is 64.5 Å². The van der Waals surface area contributed by atoms with Gasteiger partial charge in [-0.2, -0.15) is 0 Å². The number of guanidine groups is 1. The molecule has 6 nitrogen and oxygen atoms in total. The van der Waals surface area contributed by atoms with Gasteiger partial charge >= 0.3 is 0 Å². The fourth-order valence-electron chi connectivity index (χ4n) is 4.05. The number of nitrogens with zero attached hydrogens (tertiary/aromatic N) is 1. The zero-order valence-electron chi connectivity index (χ0n) is 18.6. The van der Waals surface area contributed by atoms with Crippen LogP contribution in [0, 0.1) is 11.3 Å². The fraction of sp³-hybridized carbons (Fsp3) is 0.682. The Bertz CT molecular complexity index is 767. The van der Waals surface area contributed by atoms with Crippen molar-refractivity contribution in [1.29, 1.82) is 0 Å². The molecule has 29 heavy (non-hydrogen) atoms. The molecule has 0 spiro atoms. The second-order valence-corrected chi connectivity index (χ2v) is 10.8. The summed E-state index contributed by atoms with van der Waals surface area (Å²) in [4.78, 5) is 4.34. The summed E-state index contributed by atoms with van der Waals surface area (Å²) in [5, 5.41) is 6.86. The van der Waals surface area contributed by atoms with E-state index in [2.05, 4.69) is 34.2 Å². The van der Waals surface area contributed by atoms with Crippen LogP contribution in [0.3, 0.4) is 0 Å². The molecule has 1 aliphatic rings. The van der Waals surface area contributed by atoms with Crippen molar-refractivity contribution in [2.45, 2.75) is 71.7 Å². The number of hydrogen-bond donors (Lipinski definition) is 3. The smallest absolute Gasteiger partial charge is 0.216 e. The van der Waals surface area contributed by atoms with Gasteiger partial charge in [-0.05, 0) is 55.6 Å². The Morgan fingerprint density at radius 3 is 2.17 bits per heavy atom. The number of hydrogen-bond acceptors (Lipinski definition) is 3. The fourth-order valence-corrected chi connectivity index (χ4v) is 5.48. The minimum absolute atomic E-state index is 0.0000460. The minimum atomic E-state index is -3.30. The first kappa shape index (κ1) is 23.7. The molecular formula is C22H38N4O2S. The molecule has 1 aromatic carbocycles. The van der Waals surface area contributed by atoms with Crippen LogP contribution in [0.5, 0.6) is 0 Å². The van der Waals surface area contributed by atoms with Gasteiger partial charge in [-0.15, -0.1) is 0 Å². The molecule has 2 rings (SSSR count). The van der Waals surface area contributed by atoms with Gasteiger partial charge in [0, 0.05) is 26.2 Å². The van der Waals surface area contributed by atoms with Crippen LogP contribution in [0.25, 0.3) is 0 Å². The second-order valence-electron chi connectivity index (χ2n) is 9.08. The molecule has 0 aromatic heterocycles. The molecule has 1 aliphatic carbocycles. The normalized spacial score (nSPS) is 16.7. The van der Waals surface area contributed by atoms with Crippen molar-refractivity contribution in [3.8, 4) is 0 Å². The Labute approximate surface area is 177 Å². The SMILES string of the molecule is CN=C(NCc1ccc(CS(=O)(=O)NC(C)C)cc1)NCC1(CC(C)C)CCC1. The largest absolute Gasteiger partial charge is 0.356 e. The number of sulfonamides is 1. The molecule has 1 aromatic rings. The molecule has 0 bridgehead atoms. The van der Waals surface area contributed by atoms with Crippen LogP contribution in [0.2, 0.25) is 0 Å². The van der Waals surface area contributed by atoms with Crippen molar-refractivity contribution in [2.75, 3.05) is 13.6 Å². The average Bonchev–Trinajstić information content (AvgIpc) is 2.58. The van der Waals surface area contributed by atoms with Crippen molar-refractivity contribution in [1.82, 2.24) is 15.4 Å². The van der Waals surface area contributed by atoms with Crippen LogP contribution < -0.4 is 15.4 Å². The molecule has 1 fully saturated rings. The van der Waals surface area contributed by atoms with Crippen LogP contribution in [0.4, 0.5) is 0 Å². The minimum Gasteiger partial charge on any atom is -0.356 e. The van der Waals surface area contributed by atoms with E-state index in [-0.39, 0.29) is 11.8 Å². The second kappa shape index (κ2) is 10.4. The van der Waals surface area contributed by atoms with E-state index < -0.39 is 10.0 Å². The Balaban J connectivity index is 1.83. The predicted molar refractivity (Wildman–Crippen MR) is 121 cm³/mol. The summed E-state index contributed by atoms with van der Waals surface area (Å²) in [6.07, 6.45) is 5.18. The lowest BCUT2D eigenvalue weighted by atomic mass is 9.64. The number of nitrogens with one attached hydrogen (secondary N) is 3. The van der Waals surface area contributed by atoms with E-state index in [1.54, 1.807) is 7.05 Å². The van der Waals surface area contributed by atoms with Gasteiger partial charge in [0.1, 0.15) is 0 Å². The van der Waals surface area contributed by atoms with Crippen molar-refractivity contribution in [3.05, 3.63) is 35.4 Å². The summed E-state index contributed by atoms with van der Waals surface area (Å²) in [7, 11) is -1.51. The first-order chi connectivity index (χ1) is 13.6. The van der Waals surface area contributed by atoms with Crippen LogP contribution in [-0.4, -0.2) is 34.0 Å². The summed E-state index contributed by atoms with van der Waals surface area (Å²) < 4.78 is 26.7. The molecule has 1 saturated carbocycles. The van der Waals surface area contributed by atoms with Crippen molar-refractivity contribution >= 4 is 16.0 Å². The third kappa shape index (κ3) is 7.97. The maximum atomic E-state index is 12.1. The molecule has 0 atom stereocenters. The molecule has 0 aliphatic heterocycles. The van der Waals surface area contributed by atoms with E-state index in [1.807, 2.05) is 38.1 Å². The molecule has 0 heterocycles. The molecule has 0 amide bonds. The number of rotatable bonds is 10. The van der Waals surface area contributed by atoms with Gasteiger partial charge in [0.2, 0.25) is 10.0 Å². The van der Waals surface area contributed by atoms with E-state index in [0.29, 0.717) is 17.9 Å². The standard InChI is InChI=1S/C22H38N4O2S/c1-17(2)13-22(11-6-12-22)16-25-21(23-5)24-14-19-7-9-20(10-8-19)15-29(27,28)26-18(3)4/h7-10,17-18,26H,6,11-16H2,1-5H3,(H2,23,24,25). The maximum Gasteiger partial charge on any atom is 0.216 e. The monoisotopic (exact) mass is 422 g/mol. The Kier molecular flexibility index (Phi) is 8.52. The molecule has 164 valence electrons. The first-order valence-corrected chi connectivity index (χ1v) is 12.3. The highest BCUT2D eigenvalue weighted by molar-refractivity contribution is 7.88. The van der Waals surface area contributed by atoms with E-state index >= 15 is 0 Å². The van der Waals surface area contributed by atoms with Crippen molar-refractivity contribution in [3.63, 3.8) is 0 Å². The zero-order chi connectivity index (χ0) is 21.5. The van der Waals surface area contributed by atoms with Crippen molar-refractivity contribution < 1.29 is 8.42 Å². The zero-order valence-corrected chi connectivity index (χ0v) is 19.4. The third-order valence-electron chi connectivity index (χ3n) is 5.36. The van der Waals surface area contributed by atoms with Gasteiger partial charge in [-0.3, -0.25) is 4.99 Å². The molecule has 0 radical (unpaired) electrons. The Hall–Kier alpha value is -1.60. The number of aliphatic imine (C=N–C) groups is 1. The third-order valence-corrected chi connectivity index (χ3v) is 6.91. The van der Waals surface area contributed by atoms with E-state index in [0.717, 1.165) is 23.6 Å². The van der Waals surface area contributed by atoms with Gasteiger partial charge in [-0.1, -0.05) is 44.5 Å². The quantitative estimate of drug-likeness (QED) is 0.399. The summed E-state index contributed by atoms with van der Waals surface area (Å²) >= 11 is 0. The van der Waals surface area contributed by atoms with Crippen LogP contribution in [0.15, 0.2) is 29.3 Å².